The Balaban J connectivity index is 1.13. The molecule has 2 heteroatoms. The van der Waals surface area contributed by atoms with Crippen molar-refractivity contribution in [3.05, 3.63) is 217 Å². The van der Waals surface area contributed by atoms with Crippen molar-refractivity contribution in [3.63, 3.8) is 0 Å². The highest BCUT2D eigenvalue weighted by Crippen LogP contribution is 2.38. The van der Waals surface area contributed by atoms with Crippen molar-refractivity contribution in [2.45, 2.75) is 6.92 Å². The molecule has 0 atom stereocenters. The monoisotopic (exact) mass is 704 g/mol. The summed E-state index contributed by atoms with van der Waals surface area (Å²) in [4.78, 5) is 4.60. The largest absolute Gasteiger partial charge is 0.311 e. The maximum absolute atomic E-state index is 4.58. The molecule has 0 radical (unpaired) electrons. The molecule has 0 saturated heterocycles. The summed E-state index contributed by atoms with van der Waals surface area (Å²) in [5, 5.41) is 7.08. The number of rotatable bonds is 8. The average molecular weight is 705 g/mol. The van der Waals surface area contributed by atoms with E-state index in [1.54, 1.807) is 0 Å². The van der Waals surface area contributed by atoms with Crippen molar-refractivity contribution in [2.24, 2.45) is 0 Å². The number of hydrogen-bond acceptors (Lipinski definition) is 2. The number of benzene rings is 9. The fourth-order valence-corrected chi connectivity index (χ4v) is 7.95. The fourth-order valence-electron chi connectivity index (χ4n) is 7.95. The minimum atomic E-state index is 1.03. The summed E-state index contributed by atoms with van der Waals surface area (Å²) in [6, 6.07) is 73.5. The van der Waals surface area contributed by atoms with Gasteiger partial charge in [0.05, 0.1) is 0 Å². The minimum Gasteiger partial charge on any atom is -0.311 e. The zero-order chi connectivity index (χ0) is 37.1. The van der Waals surface area contributed by atoms with Gasteiger partial charge in [-0.15, -0.1) is 0 Å². The number of fused-ring (bicyclic) bond motifs is 3. The summed E-state index contributed by atoms with van der Waals surface area (Å²) in [6.45, 7) is 6.73. The van der Waals surface area contributed by atoms with Crippen LogP contribution in [0, 0.1) is 0 Å². The Kier molecular flexibility index (Phi) is 8.99. The van der Waals surface area contributed by atoms with Gasteiger partial charge in [0.25, 0.3) is 0 Å². The molecule has 0 aliphatic carbocycles. The van der Waals surface area contributed by atoms with Crippen LogP contribution in [0.3, 0.4) is 0 Å². The molecule has 9 aromatic carbocycles. The summed E-state index contributed by atoms with van der Waals surface area (Å²) in [7, 11) is 0. The molecule has 9 aromatic rings. The second kappa shape index (κ2) is 14.7. The standard InChI is InChI=1S/C53H40N2/c1-3-48-49(39-25-31-46(32-26-39)54(42-16-8-4-9-17-42)43-18-10-5-11-19-43)36-29-41-30-37-51-50(35-24-38(2)52(51)53(41)48)40-27-33-47(34-28-40)55(44-20-12-6-13-21-44)45-22-14-7-15-23-45/h3-37H,2H2,1H3/b48-3-. The molecule has 0 heterocycles. The van der Waals surface area contributed by atoms with Crippen molar-refractivity contribution in [3.8, 4) is 22.3 Å². The number of anilines is 6. The summed E-state index contributed by atoms with van der Waals surface area (Å²) in [5.74, 6) is 0. The Labute approximate surface area is 322 Å². The normalized spacial score (nSPS) is 11.5. The third-order valence-corrected chi connectivity index (χ3v) is 10.5. The van der Waals surface area contributed by atoms with Gasteiger partial charge in [-0.2, -0.15) is 0 Å². The molecule has 0 fully saturated rings. The Hall–Kier alpha value is -7.16. The van der Waals surface area contributed by atoms with Crippen LogP contribution in [0.4, 0.5) is 34.1 Å². The van der Waals surface area contributed by atoms with Gasteiger partial charge in [-0.1, -0.05) is 146 Å². The first-order valence-electron chi connectivity index (χ1n) is 18.8. The van der Waals surface area contributed by atoms with E-state index in [-0.39, 0.29) is 0 Å². The molecule has 0 amide bonds. The van der Waals surface area contributed by atoms with Gasteiger partial charge in [0.1, 0.15) is 0 Å². The molecule has 0 N–H and O–H groups in total. The highest BCUT2D eigenvalue weighted by molar-refractivity contribution is 6.13. The van der Waals surface area contributed by atoms with Crippen LogP contribution in [-0.4, -0.2) is 0 Å². The third kappa shape index (κ3) is 6.34. The smallest absolute Gasteiger partial charge is 0.0462 e. The molecule has 0 spiro atoms. The van der Waals surface area contributed by atoms with E-state index in [9.17, 15) is 0 Å². The number of hydrogen-bond donors (Lipinski definition) is 0. The predicted molar refractivity (Wildman–Crippen MR) is 237 cm³/mol. The predicted octanol–water partition coefficient (Wildman–Crippen LogP) is 13.5. The summed E-state index contributed by atoms with van der Waals surface area (Å²) < 4.78 is 0. The van der Waals surface area contributed by atoms with Crippen LogP contribution in [-0.2, 0) is 0 Å². The molecule has 9 rings (SSSR count). The molecule has 0 aliphatic rings. The van der Waals surface area contributed by atoms with Crippen molar-refractivity contribution in [1.29, 1.82) is 0 Å². The Morgan fingerprint density at radius 1 is 0.364 bits per heavy atom. The second-order valence-electron chi connectivity index (χ2n) is 13.8. The van der Waals surface area contributed by atoms with Crippen LogP contribution in [0.1, 0.15) is 6.92 Å². The topological polar surface area (TPSA) is 6.48 Å². The lowest BCUT2D eigenvalue weighted by molar-refractivity contribution is 1.28. The van der Waals surface area contributed by atoms with Crippen LogP contribution < -0.4 is 20.2 Å². The molecule has 0 saturated carbocycles. The quantitative estimate of drug-likeness (QED) is 0.145. The third-order valence-electron chi connectivity index (χ3n) is 10.5. The summed E-state index contributed by atoms with van der Waals surface area (Å²) >= 11 is 0. The maximum atomic E-state index is 4.58. The van der Waals surface area contributed by atoms with Crippen LogP contribution in [0.25, 0.3) is 56.5 Å². The van der Waals surface area contributed by atoms with Crippen LogP contribution in [0.2, 0.25) is 0 Å². The van der Waals surface area contributed by atoms with Gasteiger partial charge in [-0.3, -0.25) is 0 Å². The Morgan fingerprint density at radius 2 is 0.745 bits per heavy atom. The zero-order valence-corrected chi connectivity index (χ0v) is 30.8. The summed E-state index contributed by atoms with van der Waals surface area (Å²) in [6.07, 6.45) is 2.26. The lowest BCUT2D eigenvalue weighted by Gasteiger charge is -2.25. The lowest BCUT2D eigenvalue weighted by Crippen LogP contribution is -2.12. The van der Waals surface area contributed by atoms with Crippen LogP contribution >= 0.6 is 0 Å². The van der Waals surface area contributed by atoms with E-state index >= 15 is 0 Å². The SMILES string of the molecule is C=c1ccc(-c2ccc(N(c3ccccc3)c3ccccc3)cc2)c2ccc3ccc(-c4ccc(N(c5ccccc5)c5ccccc5)cc4)/c(=C/C)c3c12. The highest BCUT2D eigenvalue weighted by atomic mass is 15.1. The van der Waals surface area contributed by atoms with Crippen molar-refractivity contribution >= 4 is 68.3 Å². The minimum absolute atomic E-state index is 1.03. The summed E-state index contributed by atoms with van der Waals surface area (Å²) in [5.41, 5.74) is 11.5. The van der Waals surface area contributed by atoms with Crippen molar-refractivity contribution in [1.82, 2.24) is 0 Å². The molecule has 55 heavy (non-hydrogen) atoms. The first kappa shape index (κ1) is 33.7. The average Bonchev–Trinajstić information content (AvgIpc) is 3.25. The molecule has 262 valence electrons. The molecule has 2 nitrogen and oxygen atoms in total. The lowest BCUT2D eigenvalue weighted by atomic mass is 9.90. The van der Waals surface area contributed by atoms with Crippen molar-refractivity contribution < 1.29 is 0 Å². The molecule has 0 aliphatic heterocycles. The maximum Gasteiger partial charge on any atom is 0.0462 e. The van der Waals surface area contributed by atoms with Gasteiger partial charge in [0.15, 0.2) is 0 Å². The first-order valence-corrected chi connectivity index (χ1v) is 18.8. The Bertz CT molecular complexity index is 2770. The highest BCUT2D eigenvalue weighted by Gasteiger charge is 2.16. The van der Waals surface area contributed by atoms with E-state index in [1.165, 1.54) is 49.0 Å². The van der Waals surface area contributed by atoms with E-state index in [0.717, 1.165) is 39.3 Å². The zero-order valence-electron chi connectivity index (χ0n) is 30.8. The van der Waals surface area contributed by atoms with Gasteiger partial charge in [-0.05, 0) is 134 Å². The number of para-hydroxylation sites is 4. The van der Waals surface area contributed by atoms with E-state index in [2.05, 4.69) is 236 Å². The number of nitrogens with zero attached hydrogens (tertiary/aromatic N) is 2. The van der Waals surface area contributed by atoms with Gasteiger partial charge in [-0.25, -0.2) is 0 Å². The van der Waals surface area contributed by atoms with E-state index < -0.39 is 0 Å². The fraction of sp³-hybridized carbons (Fsp3) is 0.0189. The molecule has 0 bridgehead atoms. The molecule has 0 aromatic heterocycles. The van der Waals surface area contributed by atoms with Gasteiger partial charge in [0, 0.05) is 34.1 Å². The van der Waals surface area contributed by atoms with Gasteiger partial charge < -0.3 is 9.80 Å². The van der Waals surface area contributed by atoms with E-state index in [4.69, 9.17) is 0 Å². The van der Waals surface area contributed by atoms with Crippen LogP contribution in [0.15, 0.2) is 206 Å². The van der Waals surface area contributed by atoms with Gasteiger partial charge >= 0.3 is 0 Å². The van der Waals surface area contributed by atoms with Crippen LogP contribution in [0.5, 0.6) is 0 Å². The van der Waals surface area contributed by atoms with E-state index in [1.807, 2.05) is 0 Å². The molecular formula is C53H40N2. The van der Waals surface area contributed by atoms with Crippen molar-refractivity contribution in [2.75, 3.05) is 9.80 Å². The second-order valence-corrected chi connectivity index (χ2v) is 13.8. The molecular weight excluding hydrogens is 665 g/mol. The Morgan fingerprint density at radius 3 is 1.18 bits per heavy atom. The first-order chi connectivity index (χ1) is 27.2. The van der Waals surface area contributed by atoms with E-state index in [0.29, 0.717) is 0 Å². The molecule has 0 unspecified atom stereocenters. The van der Waals surface area contributed by atoms with Gasteiger partial charge in [0.2, 0.25) is 0 Å².